The monoisotopic (exact) mass is 173 g/mol. The highest BCUT2D eigenvalue weighted by atomic mass is 32.2. The summed E-state index contributed by atoms with van der Waals surface area (Å²) < 4.78 is 23.2. The summed E-state index contributed by atoms with van der Waals surface area (Å²) in [6, 6.07) is 0. The molecule has 2 rings (SSSR count). The first-order valence-electron chi connectivity index (χ1n) is 3.09. The van der Waals surface area contributed by atoms with Crippen LogP contribution in [0.1, 0.15) is 11.4 Å². The molecule has 0 aromatic carbocycles. The van der Waals surface area contributed by atoms with Gasteiger partial charge >= 0.3 is 0 Å². The van der Waals surface area contributed by atoms with E-state index in [0.717, 1.165) is 0 Å². The molecule has 11 heavy (non-hydrogen) atoms. The minimum Gasteiger partial charge on any atom is -0.338 e. The Morgan fingerprint density at radius 3 is 2.91 bits per heavy atom. The Balaban J connectivity index is 2.58. The van der Waals surface area contributed by atoms with Gasteiger partial charge in [0.15, 0.2) is 9.84 Å². The summed E-state index contributed by atoms with van der Waals surface area (Å²) in [4.78, 5) is 3.85. The second-order valence-corrected chi connectivity index (χ2v) is 4.64. The molecule has 5 nitrogen and oxygen atoms in total. The molecule has 1 aromatic rings. The van der Waals surface area contributed by atoms with Crippen molar-refractivity contribution in [3.63, 3.8) is 0 Å². The van der Waals surface area contributed by atoms with E-state index in [1.54, 1.807) is 0 Å². The van der Waals surface area contributed by atoms with E-state index in [0.29, 0.717) is 11.4 Å². The second-order valence-electron chi connectivity index (χ2n) is 2.58. The van der Waals surface area contributed by atoms with Gasteiger partial charge in [-0.15, -0.1) is 0 Å². The van der Waals surface area contributed by atoms with E-state index >= 15 is 0 Å². The fourth-order valence-corrected chi connectivity index (χ4v) is 2.66. The maximum Gasteiger partial charge on any atom is 0.161 e. The van der Waals surface area contributed by atoms with Crippen molar-refractivity contribution >= 4 is 9.84 Å². The molecular formula is C5H7N3O2S. The van der Waals surface area contributed by atoms with Gasteiger partial charge < -0.3 is 5.84 Å². The molecule has 2 heterocycles. The van der Waals surface area contributed by atoms with Crippen molar-refractivity contribution < 1.29 is 8.42 Å². The second kappa shape index (κ2) is 1.76. The van der Waals surface area contributed by atoms with E-state index in [2.05, 4.69) is 4.98 Å². The van der Waals surface area contributed by atoms with Crippen LogP contribution in [0.5, 0.6) is 0 Å². The highest BCUT2D eigenvalue weighted by molar-refractivity contribution is 7.90. The number of nitrogen functional groups attached to an aromatic ring is 1. The average molecular weight is 173 g/mol. The van der Waals surface area contributed by atoms with Crippen LogP contribution >= 0.6 is 0 Å². The van der Waals surface area contributed by atoms with Gasteiger partial charge in [0.25, 0.3) is 0 Å². The maximum absolute atomic E-state index is 11.0. The summed E-state index contributed by atoms with van der Waals surface area (Å²) in [6.45, 7) is 0. The summed E-state index contributed by atoms with van der Waals surface area (Å²) in [6.07, 6.45) is 1.43. The van der Waals surface area contributed by atoms with Gasteiger partial charge in [0.05, 0.1) is 22.9 Å². The van der Waals surface area contributed by atoms with Crippen molar-refractivity contribution in [3.05, 3.63) is 17.7 Å². The highest BCUT2D eigenvalue weighted by Gasteiger charge is 2.28. The van der Waals surface area contributed by atoms with Crippen molar-refractivity contribution in [2.75, 3.05) is 5.84 Å². The lowest BCUT2D eigenvalue weighted by molar-refractivity contribution is 0.596. The number of hydrogen-bond donors (Lipinski definition) is 1. The molecule has 1 aliphatic rings. The molecule has 60 valence electrons. The molecule has 1 aliphatic heterocycles. The zero-order valence-corrected chi connectivity index (χ0v) is 6.50. The fourth-order valence-electron chi connectivity index (χ4n) is 1.17. The van der Waals surface area contributed by atoms with Crippen molar-refractivity contribution in [1.29, 1.82) is 0 Å². The Morgan fingerprint density at radius 1 is 1.55 bits per heavy atom. The number of rotatable bonds is 0. The smallest absolute Gasteiger partial charge is 0.161 e. The molecule has 0 aliphatic carbocycles. The maximum atomic E-state index is 11.0. The van der Waals surface area contributed by atoms with Crippen LogP contribution in [0.4, 0.5) is 0 Å². The minimum absolute atomic E-state index is 0.0266. The van der Waals surface area contributed by atoms with Crippen LogP contribution in [0.25, 0.3) is 0 Å². The van der Waals surface area contributed by atoms with Gasteiger partial charge in [-0.25, -0.2) is 13.4 Å². The first kappa shape index (κ1) is 6.66. The fraction of sp³-hybridized carbons (Fsp3) is 0.400. The van der Waals surface area contributed by atoms with Crippen LogP contribution in [-0.2, 0) is 21.3 Å². The van der Waals surface area contributed by atoms with Gasteiger partial charge in [0.2, 0.25) is 0 Å². The lowest BCUT2D eigenvalue weighted by Gasteiger charge is -1.93. The van der Waals surface area contributed by atoms with Crippen molar-refractivity contribution in [3.8, 4) is 0 Å². The largest absolute Gasteiger partial charge is 0.338 e. The van der Waals surface area contributed by atoms with Crippen molar-refractivity contribution in [2.24, 2.45) is 0 Å². The molecule has 0 unspecified atom stereocenters. The molecule has 0 fully saturated rings. The Bertz CT molecular complexity index is 392. The number of hydrogen-bond acceptors (Lipinski definition) is 4. The summed E-state index contributed by atoms with van der Waals surface area (Å²) in [5, 5.41) is 0. The lowest BCUT2D eigenvalue weighted by atomic mass is 10.4. The highest BCUT2D eigenvalue weighted by Crippen LogP contribution is 2.21. The normalized spacial score (nSPS) is 20.0. The Labute approximate surface area is 63.7 Å². The summed E-state index contributed by atoms with van der Waals surface area (Å²) >= 11 is 0. The Hall–Kier alpha value is -1.04. The quantitative estimate of drug-likeness (QED) is 0.512. The average Bonchev–Trinajstić information content (AvgIpc) is 2.31. The summed E-state index contributed by atoms with van der Waals surface area (Å²) in [5.74, 6) is 5.46. The van der Waals surface area contributed by atoms with Crippen molar-refractivity contribution in [1.82, 2.24) is 9.66 Å². The van der Waals surface area contributed by atoms with Crippen molar-refractivity contribution in [2.45, 2.75) is 11.5 Å². The number of sulfone groups is 1. The van der Waals surface area contributed by atoms with E-state index < -0.39 is 9.84 Å². The molecule has 0 spiro atoms. The molecule has 0 saturated heterocycles. The third-order valence-electron chi connectivity index (χ3n) is 1.70. The molecule has 1 aromatic heterocycles. The first-order chi connectivity index (χ1) is 5.08. The minimum atomic E-state index is -2.95. The van der Waals surface area contributed by atoms with Crippen LogP contribution < -0.4 is 5.84 Å². The third kappa shape index (κ3) is 0.900. The van der Waals surface area contributed by atoms with E-state index in [-0.39, 0.29) is 11.5 Å². The lowest BCUT2D eigenvalue weighted by Crippen LogP contribution is -2.11. The predicted octanol–water partition coefficient (Wildman–Crippen LogP) is -0.975. The van der Waals surface area contributed by atoms with Crippen LogP contribution in [-0.4, -0.2) is 18.1 Å². The predicted molar refractivity (Wildman–Crippen MR) is 38.7 cm³/mol. The van der Waals surface area contributed by atoms with Gasteiger partial charge in [-0.1, -0.05) is 0 Å². The summed E-state index contributed by atoms with van der Waals surface area (Å²) in [5.41, 5.74) is 1.21. The molecule has 0 saturated carbocycles. The van der Waals surface area contributed by atoms with Crippen LogP contribution in [0.15, 0.2) is 6.33 Å². The molecule has 6 heteroatoms. The zero-order valence-electron chi connectivity index (χ0n) is 5.69. The Morgan fingerprint density at radius 2 is 2.27 bits per heavy atom. The Kier molecular flexibility index (Phi) is 1.07. The number of nitrogens with zero attached hydrogens (tertiary/aromatic N) is 2. The number of aromatic nitrogens is 2. The van der Waals surface area contributed by atoms with Gasteiger partial charge in [0.1, 0.15) is 6.33 Å². The van der Waals surface area contributed by atoms with E-state index in [1.165, 1.54) is 11.0 Å². The standard InChI is InChI=1S/C5H7N3O2S/c6-8-3-7-4-1-11(9,10)2-5(4)8/h3H,1-2,6H2. The third-order valence-corrected chi connectivity index (χ3v) is 3.12. The first-order valence-corrected chi connectivity index (χ1v) is 4.91. The van der Waals surface area contributed by atoms with Crippen LogP contribution in [0.2, 0.25) is 0 Å². The number of imidazole rings is 1. The number of fused-ring (bicyclic) bond motifs is 1. The van der Waals surface area contributed by atoms with Gasteiger partial charge in [-0.05, 0) is 0 Å². The van der Waals surface area contributed by atoms with Gasteiger partial charge in [-0.3, -0.25) is 4.68 Å². The SMILES string of the molecule is Nn1cnc2c1CS(=O)(=O)C2. The topological polar surface area (TPSA) is 78.0 Å². The van der Waals surface area contributed by atoms with Crippen LogP contribution in [0, 0.1) is 0 Å². The molecular weight excluding hydrogens is 166 g/mol. The zero-order chi connectivity index (χ0) is 8.06. The van der Waals surface area contributed by atoms with Gasteiger partial charge in [-0.2, -0.15) is 0 Å². The molecule has 2 N–H and O–H groups in total. The number of nitrogens with two attached hydrogens (primary N) is 1. The molecule has 0 radical (unpaired) electrons. The van der Waals surface area contributed by atoms with Gasteiger partial charge in [0, 0.05) is 0 Å². The summed E-state index contributed by atoms with van der Waals surface area (Å²) in [7, 11) is -2.95. The molecule has 0 amide bonds. The molecule has 0 atom stereocenters. The van der Waals surface area contributed by atoms with E-state index in [4.69, 9.17) is 5.84 Å². The van der Waals surface area contributed by atoms with E-state index in [9.17, 15) is 8.42 Å². The van der Waals surface area contributed by atoms with E-state index in [1.807, 2.05) is 0 Å². The van der Waals surface area contributed by atoms with Crippen LogP contribution in [0.3, 0.4) is 0 Å². The molecule has 0 bridgehead atoms.